The number of ether oxygens (including phenoxy) is 1. The molecule has 0 bridgehead atoms. The number of piperidine rings is 1. The predicted molar refractivity (Wildman–Crippen MR) is 158 cm³/mol. The second kappa shape index (κ2) is 10.0. The van der Waals surface area contributed by atoms with Crippen LogP contribution >= 0.6 is 0 Å². The molecule has 4 aromatic heterocycles. The summed E-state index contributed by atoms with van der Waals surface area (Å²) < 4.78 is 13.4. The quantitative estimate of drug-likeness (QED) is 0.328. The molecule has 0 aromatic carbocycles. The standard InChI is InChI=1S/C30H39N9O3/c1-16-19(17-10-12-38(13-11-17)28(40)41-30(5,6)7)14-32-26(35-16)20-23(37-42-24(20)18-8-9-18)22-21-25(31)33-15-34-27(21)39(36-22)29(2,3)4/h14-15,17-18H,8-13H2,1-7H3,(H2,31,33,34). The van der Waals surface area contributed by atoms with Crippen molar-refractivity contribution >= 4 is 22.9 Å². The van der Waals surface area contributed by atoms with Gasteiger partial charge in [0.05, 0.1) is 16.5 Å². The molecule has 2 N–H and O–H groups in total. The number of rotatable bonds is 4. The summed E-state index contributed by atoms with van der Waals surface area (Å²) in [6.45, 7) is 15.1. The Hall–Kier alpha value is -4.09. The van der Waals surface area contributed by atoms with Crippen molar-refractivity contribution in [1.82, 2.24) is 39.8 Å². The number of hydrogen-bond donors (Lipinski definition) is 1. The van der Waals surface area contributed by atoms with Crippen LogP contribution in [-0.2, 0) is 10.3 Å². The summed E-state index contributed by atoms with van der Waals surface area (Å²) >= 11 is 0. The van der Waals surface area contributed by atoms with Crippen LogP contribution in [0.25, 0.3) is 33.8 Å². The number of nitrogens with two attached hydrogens (primary N) is 1. The molecule has 0 unspecified atom stereocenters. The second-order valence-corrected chi connectivity index (χ2v) is 13.4. The Morgan fingerprint density at radius 3 is 2.33 bits per heavy atom. The third-order valence-electron chi connectivity index (χ3n) is 7.85. The van der Waals surface area contributed by atoms with Crippen LogP contribution in [0.4, 0.5) is 10.6 Å². The summed E-state index contributed by atoms with van der Waals surface area (Å²) in [4.78, 5) is 32.9. The van der Waals surface area contributed by atoms with Gasteiger partial charge in [-0.15, -0.1) is 0 Å². The first-order valence-electron chi connectivity index (χ1n) is 14.6. The number of carbonyl (C=O) groups excluding carboxylic acids is 1. The highest BCUT2D eigenvalue weighted by Crippen LogP contribution is 2.48. The highest BCUT2D eigenvalue weighted by atomic mass is 16.6. The average molecular weight is 574 g/mol. The zero-order valence-electron chi connectivity index (χ0n) is 25.4. The first kappa shape index (κ1) is 28.0. The smallest absolute Gasteiger partial charge is 0.410 e. The van der Waals surface area contributed by atoms with Gasteiger partial charge < -0.3 is 19.9 Å². The van der Waals surface area contributed by atoms with E-state index in [1.54, 1.807) is 4.90 Å². The minimum absolute atomic E-state index is 0.256. The van der Waals surface area contributed by atoms with Gasteiger partial charge in [0.1, 0.15) is 29.1 Å². The molecule has 222 valence electrons. The zero-order valence-corrected chi connectivity index (χ0v) is 25.4. The third kappa shape index (κ3) is 5.18. The number of aromatic nitrogens is 7. The van der Waals surface area contributed by atoms with Crippen LogP contribution in [0, 0.1) is 6.92 Å². The van der Waals surface area contributed by atoms with Gasteiger partial charge in [0, 0.05) is 30.9 Å². The largest absolute Gasteiger partial charge is 0.444 e. The van der Waals surface area contributed by atoms with Crippen LogP contribution in [0.1, 0.15) is 96.1 Å². The molecular weight excluding hydrogens is 534 g/mol. The molecule has 4 aromatic rings. The van der Waals surface area contributed by atoms with Crippen LogP contribution in [0.5, 0.6) is 0 Å². The summed E-state index contributed by atoms with van der Waals surface area (Å²) in [5, 5.41) is 10.1. The lowest BCUT2D eigenvalue weighted by Crippen LogP contribution is -2.41. The van der Waals surface area contributed by atoms with E-state index in [0.717, 1.165) is 48.3 Å². The molecule has 1 amide bonds. The van der Waals surface area contributed by atoms with Gasteiger partial charge in [-0.05, 0) is 85.6 Å². The van der Waals surface area contributed by atoms with Gasteiger partial charge >= 0.3 is 6.09 Å². The van der Waals surface area contributed by atoms with Crippen LogP contribution in [0.15, 0.2) is 17.0 Å². The monoisotopic (exact) mass is 573 g/mol. The van der Waals surface area contributed by atoms with Crippen molar-refractivity contribution in [3.05, 3.63) is 29.5 Å². The van der Waals surface area contributed by atoms with E-state index in [1.165, 1.54) is 6.33 Å². The minimum atomic E-state index is -0.510. The Labute approximate surface area is 245 Å². The molecular formula is C30H39N9O3. The van der Waals surface area contributed by atoms with Crippen LogP contribution in [-0.4, -0.2) is 64.6 Å². The van der Waals surface area contributed by atoms with Crippen molar-refractivity contribution in [2.24, 2.45) is 0 Å². The van der Waals surface area contributed by atoms with E-state index in [4.69, 9.17) is 30.1 Å². The highest BCUT2D eigenvalue weighted by Gasteiger charge is 2.37. The zero-order chi connectivity index (χ0) is 30.0. The lowest BCUT2D eigenvalue weighted by atomic mass is 9.89. The highest BCUT2D eigenvalue weighted by molar-refractivity contribution is 6.00. The molecule has 12 heteroatoms. The van der Waals surface area contributed by atoms with Crippen LogP contribution < -0.4 is 5.73 Å². The van der Waals surface area contributed by atoms with Gasteiger partial charge in [-0.3, -0.25) is 0 Å². The number of hydrogen-bond acceptors (Lipinski definition) is 10. The molecule has 1 saturated carbocycles. The molecule has 5 heterocycles. The topological polar surface area (TPSA) is 151 Å². The van der Waals surface area contributed by atoms with Crippen molar-refractivity contribution in [1.29, 1.82) is 0 Å². The Morgan fingerprint density at radius 1 is 1.00 bits per heavy atom. The fraction of sp³-hybridized carbons (Fsp3) is 0.567. The van der Waals surface area contributed by atoms with Gasteiger partial charge in [-0.2, -0.15) is 5.10 Å². The van der Waals surface area contributed by atoms with E-state index in [9.17, 15) is 4.79 Å². The van der Waals surface area contributed by atoms with Crippen molar-refractivity contribution in [3.63, 3.8) is 0 Å². The number of likely N-dealkylation sites (tertiary alicyclic amines) is 1. The van der Waals surface area contributed by atoms with Gasteiger partial charge in [-0.1, -0.05) is 5.16 Å². The van der Waals surface area contributed by atoms with E-state index in [-0.39, 0.29) is 23.5 Å². The number of nitrogens with zero attached hydrogens (tertiary/aromatic N) is 8. The van der Waals surface area contributed by atoms with E-state index in [1.807, 2.05) is 38.6 Å². The summed E-state index contributed by atoms with van der Waals surface area (Å²) in [5.41, 5.74) is 9.99. The molecule has 6 rings (SSSR count). The molecule has 2 fully saturated rings. The molecule has 0 atom stereocenters. The summed E-state index contributed by atoms with van der Waals surface area (Å²) in [5.74, 6) is 2.18. The SMILES string of the molecule is Cc1nc(-c2c(-c3nn(C(C)(C)C)c4ncnc(N)c34)noc2C2CC2)ncc1C1CCN(C(=O)OC(C)(C)C)CC1. The van der Waals surface area contributed by atoms with Crippen molar-refractivity contribution in [2.75, 3.05) is 18.8 Å². The fourth-order valence-corrected chi connectivity index (χ4v) is 5.61. The second-order valence-electron chi connectivity index (χ2n) is 13.4. The summed E-state index contributed by atoms with van der Waals surface area (Å²) in [6.07, 6.45) is 6.81. The lowest BCUT2D eigenvalue weighted by molar-refractivity contribution is 0.0204. The molecule has 42 heavy (non-hydrogen) atoms. The number of amides is 1. The van der Waals surface area contributed by atoms with Gasteiger partial charge in [0.2, 0.25) is 0 Å². The Bertz CT molecular complexity index is 1650. The third-order valence-corrected chi connectivity index (χ3v) is 7.85. The lowest BCUT2D eigenvalue weighted by Gasteiger charge is -2.33. The van der Waals surface area contributed by atoms with Gasteiger partial charge in [-0.25, -0.2) is 29.4 Å². The molecule has 0 radical (unpaired) electrons. The van der Waals surface area contributed by atoms with Crippen LogP contribution in [0.2, 0.25) is 0 Å². The maximum absolute atomic E-state index is 12.5. The van der Waals surface area contributed by atoms with Gasteiger partial charge in [0.25, 0.3) is 0 Å². The predicted octanol–water partition coefficient (Wildman–Crippen LogP) is 5.58. The normalized spacial score (nSPS) is 16.8. The maximum Gasteiger partial charge on any atom is 0.410 e. The summed E-state index contributed by atoms with van der Waals surface area (Å²) in [6, 6.07) is 0. The average Bonchev–Trinajstić information content (AvgIpc) is 3.52. The minimum Gasteiger partial charge on any atom is -0.444 e. The molecule has 1 aliphatic heterocycles. The van der Waals surface area contributed by atoms with Gasteiger partial charge in [0.15, 0.2) is 17.2 Å². The number of fused-ring (bicyclic) bond motifs is 1. The first-order valence-corrected chi connectivity index (χ1v) is 14.6. The number of anilines is 1. The molecule has 12 nitrogen and oxygen atoms in total. The Kier molecular flexibility index (Phi) is 6.69. The number of aryl methyl sites for hydroxylation is 1. The Balaban J connectivity index is 1.35. The molecule has 1 saturated heterocycles. The molecule has 1 aliphatic carbocycles. The van der Waals surface area contributed by atoms with E-state index < -0.39 is 5.60 Å². The van der Waals surface area contributed by atoms with Crippen molar-refractivity contribution < 1.29 is 14.1 Å². The van der Waals surface area contributed by atoms with E-state index in [0.29, 0.717) is 47.2 Å². The van der Waals surface area contributed by atoms with E-state index in [2.05, 4.69) is 35.9 Å². The number of nitrogen functional groups attached to an aromatic ring is 1. The summed E-state index contributed by atoms with van der Waals surface area (Å²) in [7, 11) is 0. The molecule has 2 aliphatic rings. The van der Waals surface area contributed by atoms with Crippen molar-refractivity contribution in [2.45, 2.75) is 97.1 Å². The van der Waals surface area contributed by atoms with Crippen LogP contribution in [0.3, 0.4) is 0 Å². The molecule has 0 spiro atoms. The van der Waals surface area contributed by atoms with E-state index >= 15 is 0 Å². The van der Waals surface area contributed by atoms with Crippen molar-refractivity contribution in [3.8, 4) is 22.8 Å². The Morgan fingerprint density at radius 2 is 1.71 bits per heavy atom. The maximum atomic E-state index is 12.5. The number of carbonyl (C=O) groups is 1. The fourth-order valence-electron chi connectivity index (χ4n) is 5.61. The first-order chi connectivity index (χ1) is 19.8.